The first-order valence-corrected chi connectivity index (χ1v) is 10.7. The number of hydrogen-bond donors (Lipinski definition) is 0. The molecule has 0 aliphatic carbocycles. The summed E-state index contributed by atoms with van der Waals surface area (Å²) in [6.07, 6.45) is 8.57. The van der Waals surface area contributed by atoms with Crippen LogP contribution >= 0.6 is 33.2 Å². The maximum Gasteiger partial charge on any atom is 0.344 e. The van der Waals surface area contributed by atoms with Crippen molar-refractivity contribution in [1.29, 1.82) is 0 Å². The van der Waals surface area contributed by atoms with E-state index in [9.17, 15) is 0 Å². The van der Waals surface area contributed by atoms with Crippen molar-refractivity contribution in [3.63, 3.8) is 0 Å². The molecule has 0 aromatic heterocycles. The zero-order valence-electron chi connectivity index (χ0n) is 9.16. The number of halogens is 3. The lowest BCUT2D eigenvalue weighted by Gasteiger charge is -2.20. The highest BCUT2D eigenvalue weighted by Crippen LogP contribution is 2.39. The van der Waals surface area contributed by atoms with Gasteiger partial charge in [0.1, 0.15) is 0 Å². The zero-order valence-corrected chi connectivity index (χ0v) is 12.4. The Balaban J connectivity index is 3.54. The largest absolute Gasteiger partial charge is 0.344 e. The molecule has 0 fully saturated rings. The van der Waals surface area contributed by atoms with Gasteiger partial charge in [-0.3, -0.25) is 0 Å². The summed E-state index contributed by atoms with van der Waals surface area (Å²) in [5, 5.41) is 0. The average molecular weight is 276 g/mol. The van der Waals surface area contributed by atoms with E-state index in [1.165, 1.54) is 32.1 Å². The lowest BCUT2D eigenvalue weighted by Crippen LogP contribution is -2.19. The molecule has 1 unspecified atom stereocenters. The third-order valence-electron chi connectivity index (χ3n) is 2.61. The van der Waals surface area contributed by atoms with E-state index in [1.807, 2.05) is 0 Å². The molecule has 4 heteroatoms. The molecule has 0 aliphatic heterocycles. The molecule has 1 atom stereocenters. The molecule has 0 spiro atoms. The van der Waals surface area contributed by atoms with Crippen molar-refractivity contribution in [2.75, 3.05) is 0 Å². The van der Waals surface area contributed by atoms with Crippen molar-refractivity contribution in [1.82, 2.24) is 0 Å². The van der Waals surface area contributed by atoms with Gasteiger partial charge in [-0.1, -0.05) is 52.4 Å². The first-order chi connectivity index (χ1) is 6.52. The Morgan fingerprint density at radius 3 is 1.93 bits per heavy atom. The highest BCUT2D eigenvalue weighted by molar-refractivity contribution is 7.65. The van der Waals surface area contributed by atoms with E-state index in [0.717, 1.165) is 12.8 Å². The van der Waals surface area contributed by atoms with E-state index in [2.05, 4.69) is 13.8 Å². The molecule has 0 rings (SSSR count). The maximum atomic E-state index is 6.01. The summed E-state index contributed by atoms with van der Waals surface area (Å²) in [4.78, 5) is 0. The van der Waals surface area contributed by atoms with Crippen molar-refractivity contribution in [2.24, 2.45) is 0 Å². The molecule has 0 amide bonds. The van der Waals surface area contributed by atoms with Crippen LogP contribution in [0.25, 0.3) is 0 Å². The van der Waals surface area contributed by atoms with Gasteiger partial charge in [-0.25, -0.2) is 0 Å². The van der Waals surface area contributed by atoms with Gasteiger partial charge < -0.3 is 0 Å². The minimum absolute atomic E-state index is 0.356. The Morgan fingerprint density at radius 2 is 1.50 bits per heavy atom. The first kappa shape index (κ1) is 15.1. The summed E-state index contributed by atoms with van der Waals surface area (Å²) in [5.74, 6) is 0. The van der Waals surface area contributed by atoms with Crippen LogP contribution in [-0.2, 0) is 0 Å². The van der Waals surface area contributed by atoms with Gasteiger partial charge in [-0.15, -0.1) is 33.2 Å². The van der Waals surface area contributed by atoms with Crippen LogP contribution in [0.3, 0.4) is 0 Å². The molecule has 0 aliphatic rings. The molecule has 0 heterocycles. The number of rotatable bonds is 8. The van der Waals surface area contributed by atoms with Crippen molar-refractivity contribution < 1.29 is 0 Å². The number of hydrogen-bond acceptors (Lipinski definition) is 0. The van der Waals surface area contributed by atoms with Crippen LogP contribution in [0.5, 0.6) is 0 Å². The summed E-state index contributed by atoms with van der Waals surface area (Å²) < 4.78 is 0. The standard InChI is InChI=1S/C10H21Cl3Si/c1-3-5-6-7-8-9-10(4-2)14(11,12)13/h10H,3-9H2,1-2H3. The molecule has 0 aromatic carbocycles. The third kappa shape index (κ3) is 7.39. The highest BCUT2D eigenvalue weighted by Gasteiger charge is 2.34. The van der Waals surface area contributed by atoms with Crippen molar-refractivity contribution >= 4 is 39.2 Å². The Kier molecular flexibility index (Phi) is 8.90. The second-order valence-electron chi connectivity index (χ2n) is 3.85. The molecule has 0 nitrogen and oxygen atoms in total. The smallest absolute Gasteiger partial charge is 0.126 e. The highest BCUT2D eigenvalue weighted by atomic mass is 35.8. The molecule has 86 valence electrons. The van der Waals surface area contributed by atoms with Gasteiger partial charge >= 0.3 is 6.00 Å². The summed E-state index contributed by atoms with van der Waals surface area (Å²) in [6.45, 7) is 4.34. The third-order valence-corrected chi connectivity index (χ3v) is 7.01. The Labute approximate surface area is 103 Å². The van der Waals surface area contributed by atoms with Gasteiger partial charge in [0.2, 0.25) is 0 Å². The fourth-order valence-electron chi connectivity index (χ4n) is 1.59. The van der Waals surface area contributed by atoms with Crippen molar-refractivity contribution in [3.8, 4) is 0 Å². The first-order valence-electron chi connectivity index (χ1n) is 5.59. The lowest BCUT2D eigenvalue weighted by molar-refractivity contribution is 0.582. The number of unbranched alkanes of at least 4 members (excludes halogenated alkanes) is 4. The van der Waals surface area contributed by atoms with E-state index in [-0.39, 0.29) is 0 Å². The normalized spacial score (nSPS) is 14.4. The minimum atomic E-state index is -2.44. The Hall–Kier alpha value is 1.09. The minimum Gasteiger partial charge on any atom is -0.126 e. The van der Waals surface area contributed by atoms with Crippen molar-refractivity contribution in [2.45, 2.75) is 64.3 Å². The average Bonchev–Trinajstić information content (AvgIpc) is 2.09. The predicted molar refractivity (Wildman–Crippen MR) is 70.7 cm³/mol. The van der Waals surface area contributed by atoms with E-state index < -0.39 is 6.00 Å². The van der Waals surface area contributed by atoms with Crippen LogP contribution in [0.2, 0.25) is 5.54 Å². The van der Waals surface area contributed by atoms with E-state index in [1.54, 1.807) is 0 Å². The molecule has 0 saturated heterocycles. The van der Waals surface area contributed by atoms with Crippen LogP contribution in [0, 0.1) is 0 Å². The SMILES string of the molecule is CCCCCCCC(CC)[Si](Cl)(Cl)Cl. The molecular weight excluding hydrogens is 255 g/mol. The molecule has 0 saturated carbocycles. The van der Waals surface area contributed by atoms with Crippen LogP contribution in [0.4, 0.5) is 0 Å². The Morgan fingerprint density at radius 1 is 0.929 bits per heavy atom. The van der Waals surface area contributed by atoms with Gasteiger partial charge in [0.15, 0.2) is 0 Å². The molecule has 14 heavy (non-hydrogen) atoms. The summed E-state index contributed by atoms with van der Waals surface area (Å²) in [7, 11) is 0. The van der Waals surface area contributed by atoms with Crippen LogP contribution < -0.4 is 0 Å². The van der Waals surface area contributed by atoms with Gasteiger partial charge in [0, 0.05) is 0 Å². The monoisotopic (exact) mass is 274 g/mol. The molecule has 0 bridgehead atoms. The van der Waals surface area contributed by atoms with Crippen LogP contribution in [0.15, 0.2) is 0 Å². The second kappa shape index (κ2) is 8.26. The van der Waals surface area contributed by atoms with Crippen molar-refractivity contribution in [3.05, 3.63) is 0 Å². The molecular formula is C10H21Cl3Si. The van der Waals surface area contributed by atoms with Gasteiger partial charge in [0.25, 0.3) is 0 Å². The summed E-state index contributed by atoms with van der Waals surface area (Å²) in [6, 6.07) is -2.44. The van der Waals surface area contributed by atoms with Crippen LogP contribution in [0.1, 0.15) is 58.8 Å². The summed E-state index contributed by atoms with van der Waals surface area (Å²) >= 11 is 18.0. The van der Waals surface area contributed by atoms with Gasteiger partial charge in [0.05, 0.1) is 0 Å². The fourth-order valence-corrected chi connectivity index (χ4v) is 4.96. The quantitative estimate of drug-likeness (QED) is 0.299. The maximum absolute atomic E-state index is 6.01. The van der Waals surface area contributed by atoms with Gasteiger partial charge in [-0.2, -0.15) is 0 Å². The molecule has 0 N–H and O–H groups in total. The van der Waals surface area contributed by atoms with E-state index in [4.69, 9.17) is 33.2 Å². The zero-order chi connectivity index (χ0) is 11.0. The molecule has 0 radical (unpaired) electrons. The Bertz CT molecular complexity index is 134. The fraction of sp³-hybridized carbons (Fsp3) is 1.00. The lowest BCUT2D eigenvalue weighted by atomic mass is 10.1. The predicted octanol–water partition coefficient (Wildman–Crippen LogP) is 5.78. The second-order valence-corrected chi connectivity index (χ2v) is 12.9. The van der Waals surface area contributed by atoms with E-state index in [0.29, 0.717) is 5.54 Å². The summed E-state index contributed by atoms with van der Waals surface area (Å²) in [5.41, 5.74) is 0.356. The molecule has 0 aromatic rings. The van der Waals surface area contributed by atoms with Gasteiger partial charge in [-0.05, 0) is 12.0 Å². The van der Waals surface area contributed by atoms with E-state index >= 15 is 0 Å². The topological polar surface area (TPSA) is 0 Å². The van der Waals surface area contributed by atoms with Crippen LogP contribution in [-0.4, -0.2) is 6.00 Å².